The number of likely N-dealkylation sites (tertiary alicyclic amines) is 1. The number of amides is 1. The third-order valence-corrected chi connectivity index (χ3v) is 6.05. The van der Waals surface area contributed by atoms with Crippen LogP contribution in [0.15, 0.2) is 28.8 Å². The quantitative estimate of drug-likeness (QED) is 0.664. The Morgan fingerprint density at radius 1 is 1.31 bits per heavy atom. The Hall–Kier alpha value is -2.80. The first-order valence-electron chi connectivity index (χ1n) is 10.0. The Morgan fingerprint density at radius 2 is 2.17 bits per heavy atom. The molecule has 3 aromatic rings. The summed E-state index contributed by atoms with van der Waals surface area (Å²) in [6, 6.07) is 4.17. The van der Waals surface area contributed by atoms with Gasteiger partial charge in [0, 0.05) is 54.5 Å². The minimum Gasteiger partial charge on any atom is -0.451 e. The standard InChI is InChI=1S/C22H23FN4O2/c1-13-16-10-15(23)5-6-19(16)29-20(13)22(28)27-8-3-4-18(27)21-24-11-14-12-26(2)9-7-17(14)25-21/h5-6,10-11,18H,3-4,7-9,12H2,1-2H3/t18-/m1/s1. The number of halogens is 1. The van der Waals surface area contributed by atoms with Crippen LogP contribution < -0.4 is 0 Å². The Bertz CT molecular complexity index is 1110. The molecule has 7 heteroatoms. The van der Waals surface area contributed by atoms with Crippen LogP contribution >= 0.6 is 0 Å². The number of furan rings is 1. The van der Waals surface area contributed by atoms with Gasteiger partial charge in [-0.05, 0) is 45.0 Å². The monoisotopic (exact) mass is 394 g/mol. The predicted molar refractivity (Wildman–Crippen MR) is 106 cm³/mol. The van der Waals surface area contributed by atoms with E-state index in [4.69, 9.17) is 9.40 Å². The molecule has 2 aromatic heterocycles. The van der Waals surface area contributed by atoms with Crippen LogP contribution in [0.3, 0.4) is 0 Å². The molecule has 0 N–H and O–H groups in total. The third kappa shape index (κ3) is 3.09. The predicted octanol–water partition coefficient (Wildman–Crippen LogP) is 3.64. The summed E-state index contributed by atoms with van der Waals surface area (Å²) in [6.07, 6.45) is 4.53. The van der Waals surface area contributed by atoms with E-state index in [1.807, 2.05) is 6.20 Å². The van der Waals surface area contributed by atoms with Crippen molar-refractivity contribution >= 4 is 16.9 Å². The van der Waals surface area contributed by atoms with Crippen molar-refractivity contribution in [1.82, 2.24) is 19.8 Å². The molecule has 6 nitrogen and oxygen atoms in total. The fraction of sp³-hybridized carbons (Fsp3) is 0.409. The van der Waals surface area contributed by atoms with Gasteiger partial charge in [-0.1, -0.05) is 0 Å². The molecule has 1 amide bonds. The number of aromatic nitrogens is 2. The van der Waals surface area contributed by atoms with Crippen LogP contribution in [0.2, 0.25) is 0 Å². The minimum absolute atomic E-state index is 0.156. The first kappa shape index (κ1) is 18.2. The summed E-state index contributed by atoms with van der Waals surface area (Å²) in [7, 11) is 2.09. The highest BCUT2D eigenvalue weighted by Crippen LogP contribution is 2.34. The molecule has 0 spiro atoms. The van der Waals surface area contributed by atoms with Gasteiger partial charge >= 0.3 is 0 Å². The van der Waals surface area contributed by atoms with E-state index in [0.29, 0.717) is 28.9 Å². The maximum absolute atomic E-state index is 13.6. The van der Waals surface area contributed by atoms with Crippen molar-refractivity contribution in [2.75, 3.05) is 20.1 Å². The molecule has 1 fully saturated rings. The number of aryl methyl sites for hydroxylation is 1. The summed E-state index contributed by atoms with van der Waals surface area (Å²) in [4.78, 5) is 26.8. The van der Waals surface area contributed by atoms with Gasteiger partial charge in [0.1, 0.15) is 11.4 Å². The minimum atomic E-state index is -0.340. The summed E-state index contributed by atoms with van der Waals surface area (Å²) in [5.74, 6) is 0.464. The molecule has 1 aromatic carbocycles. The molecule has 4 heterocycles. The van der Waals surface area contributed by atoms with Crippen LogP contribution in [0.25, 0.3) is 11.0 Å². The molecular weight excluding hydrogens is 371 g/mol. The second-order valence-corrected chi connectivity index (χ2v) is 8.04. The maximum atomic E-state index is 13.6. The highest BCUT2D eigenvalue weighted by Gasteiger charge is 2.35. The largest absolute Gasteiger partial charge is 0.451 e. The molecule has 0 aliphatic carbocycles. The molecule has 0 saturated carbocycles. The number of fused-ring (bicyclic) bond motifs is 2. The molecule has 2 aliphatic heterocycles. The zero-order chi connectivity index (χ0) is 20.1. The second-order valence-electron chi connectivity index (χ2n) is 8.04. The fourth-order valence-corrected chi connectivity index (χ4v) is 4.44. The molecular formula is C22H23FN4O2. The summed E-state index contributed by atoms with van der Waals surface area (Å²) >= 11 is 0. The first-order chi connectivity index (χ1) is 14.0. The van der Waals surface area contributed by atoms with Crippen molar-refractivity contribution in [2.24, 2.45) is 0 Å². The van der Waals surface area contributed by atoms with Crippen LogP contribution in [0.1, 0.15) is 52.1 Å². The summed E-state index contributed by atoms with van der Waals surface area (Å²) < 4.78 is 19.4. The smallest absolute Gasteiger partial charge is 0.290 e. The van der Waals surface area contributed by atoms with E-state index in [0.717, 1.165) is 43.6 Å². The average molecular weight is 394 g/mol. The van der Waals surface area contributed by atoms with Gasteiger partial charge in [-0.3, -0.25) is 4.79 Å². The van der Waals surface area contributed by atoms with Gasteiger partial charge in [-0.15, -0.1) is 0 Å². The van der Waals surface area contributed by atoms with E-state index in [-0.39, 0.29) is 23.5 Å². The SMILES string of the molecule is Cc1c(C(=O)N2CCC[C@@H]2c2ncc3c(n2)CCN(C)C3)oc2ccc(F)cc12. The molecule has 1 atom stereocenters. The Labute approximate surface area is 168 Å². The van der Waals surface area contributed by atoms with Gasteiger partial charge < -0.3 is 14.2 Å². The van der Waals surface area contributed by atoms with Gasteiger partial charge in [-0.25, -0.2) is 14.4 Å². The lowest BCUT2D eigenvalue weighted by molar-refractivity contribution is 0.0698. The van der Waals surface area contributed by atoms with E-state index < -0.39 is 0 Å². The zero-order valence-corrected chi connectivity index (χ0v) is 16.6. The van der Waals surface area contributed by atoms with Gasteiger partial charge in [0.25, 0.3) is 5.91 Å². The van der Waals surface area contributed by atoms with Crippen LogP contribution in [0.4, 0.5) is 4.39 Å². The third-order valence-electron chi connectivity index (χ3n) is 6.05. The van der Waals surface area contributed by atoms with Crippen LogP contribution in [0.5, 0.6) is 0 Å². The molecule has 0 radical (unpaired) electrons. The van der Waals surface area contributed by atoms with Crippen molar-refractivity contribution in [3.05, 3.63) is 58.6 Å². The Kier molecular flexibility index (Phi) is 4.35. The molecule has 2 aliphatic rings. The zero-order valence-electron chi connectivity index (χ0n) is 16.6. The second kappa shape index (κ2) is 6.91. The highest BCUT2D eigenvalue weighted by atomic mass is 19.1. The summed E-state index contributed by atoms with van der Waals surface area (Å²) in [6.45, 7) is 4.27. The summed E-state index contributed by atoms with van der Waals surface area (Å²) in [5, 5.41) is 0.637. The molecule has 0 bridgehead atoms. The molecule has 1 saturated heterocycles. The van der Waals surface area contributed by atoms with Gasteiger partial charge in [0.15, 0.2) is 11.6 Å². The van der Waals surface area contributed by atoms with Crippen LogP contribution in [-0.4, -0.2) is 45.8 Å². The number of likely N-dealkylation sites (N-methyl/N-ethyl adjacent to an activating group) is 1. The Balaban J connectivity index is 1.47. The van der Waals surface area contributed by atoms with Crippen molar-refractivity contribution in [3.8, 4) is 0 Å². The maximum Gasteiger partial charge on any atom is 0.290 e. The number of hydrogen-bond acceptors (Lipinski definition) is 5. The van der Waals surface area contributed by atoms with Gasteiger partial charge in [0.05, 0.1) is 6.04 Å². The van der Waals surface area contributed by atoms with Crippen molar-refractivity contribution < 1.29 is 13.6 Å². The van der Waals surface area contributed by atoms with E-state index in [1.54, 1.807) is 17.9 Å². The number of carbonyl (C=O) groups is 1. The average Bonchev–Trinajstić information content (AvgIpc) is 3.32. The van der Waals surface area contributed by atoms with E-state index >= 15 is 0 Å². The lowest BCUT2D eigenvalue weighted by atomic mass is 10.1. The first-order valence-corrected chi connectivity index (χ1v) is 10.0. The number of rotatable bonds is 2. The summed E-state index contributed by atoms with van der Waals surface area (Å²) in [5.41, 5.74) is 3.44. The van der Waals surface area contributed by atoms with Crippen LogP contribution in [-0.2, 0) is 13.0 Å². The van der Waals surface area contributed by atoms with Crippen LogP contribution in [0, 0.1) is 12.7 Å². The number of carbonyl (C=O) groups excluding carboxylic acids is 1. The molecule has 0 unspecified atom stereocenters. The topological polar surface area (TPSA) is 62.5 Å². The van der Waals surface area contributed by atoms with Crippen molar-refractivity contribution in [3.63, 3.8) is 0 Å². The van der Waals surface area contributed by atoms with E-state index in [9.17, 15) is 9.18 Å². The van der Waals surface area contributed by atoms with E-state index in [1.165, 1.54) is 12.1 Å². The number of nitrogens with zero attached hydrogens (tertiary/aromatic N) is 4. The molecule has 150 valence electrons. The number of hydrogen-bond donors (Lipinski definition) is 0. The van der Waals surface area contributed by atoms with Crippen molar-refractivity contribution in [2.45, 2.75) is 38.8 Å². The number of benzene rings is 1. The normalized spacial score (nSPS) is 19.7. The van der Waals surface area contributed by atoms with Gasteiger partial charge in [0.2, 0.25) is 0 Å². The lowest BCUT2D eigenvalue weighted by Crippen LogP contribution is -2.33. The van der Waals surface area contributed by atoms with Crippen molar-refractivity contribution in [1.29, 1.82) is 0 Å². The Morgan fingerprint density at radius 3 is 3.03 bits per heavy atom. The molecule has 5 rings (SSSR count). The highest BCUT2D eigenvalue weighted by molar-refractivity contribution is 5.99. The lowest BCUT2D eigenvalue weighted by Gasteiger charge is -2.26. The van der Waals surface area contributed by atoms with Gasteiger partial charge in [-0.2, -0.15) is 0 Å². The van der Waals surface area contributed by atoms with E-state index in [2.05, 4.69) is 16.9 Å². The molecule has 29 heavy (non-hydrogen) atoms. The fourth-order valence-electron chi connectivity index (χ4n) is 4.44.